The monoisotopic (exact) mass is 324 g/mol. The van der Waals surface area contributed by atoms with E-state index in [1.54, 1.807) is 0 Å². The second-order valence-electron chi connectivity index (χ2n) is 3.66. The summed E-state index contributed by atoms with van der Waals surface area (Å²) in [6.07, 6.45) is 2.11. The Morgan fingerprint density at radius 2 is 2.44 bits per heavy atom. The van der Waals surface area contributed by atoms with Crippen molar-refractivity contribution in [3.8, 4) is 0 Å². The van der Waals surface area contributed by atoms with Gasteiger partial charge < -0.3 is 10.6 Å². The topological polar surface area (TPSA) is 46.3 Å². The minimum absolute atomic E-state index is 0. The molecule has 2 N–H and O–H groups in total. The molecule has 0 radical (unpaired) electrons. The van der Waals surface area contributed by atoms with Gasteiger partial charge in [0.05, 0.1) is 4.88 Å². The van der Waals surface area contributed by atoms with Gasteiger partial charge in [0.15, 0.2) is 0 Å². The summed E-state index contributed by atoms with van der Waals surface area (Å²) in [4.78, 5) is 14.8. The van der Waals surface area contributed by atoms with Crippen molar-refractivity contribution >= 4 is 45.6 Å². The number of likely N-dealkylation sites (tertiary alicyclic amines) is 1. The summed E-state index contributed by atoms with van der Waals surface area (Å²) in [5, 5.41) is 1.93. The van der Waals surface area contributed by atoms with Gasteiger partial charge in [-0.15, -0.1) is 23.7 Å². The number of halogens is 2. The van der Waals surface area contributed by atoms with Crippen LogP contribution in [0.4, 0.5) is 0 Å². The fourth-order valence-corrected chi connectivity index (χ4v) is 3.30. The van der Waals surface area contributed by atoms with E-state index in [0.29, 0.717) is 6.54 Å². The molecule has 1 aromatic heterocycles. The maximum absolute atomic E-state index is 12.1. The van der Waals surface area contributed by atoms with E-state index in [0.717, 1.165) is 28.7 Å². The van der Waals surface area contributed by atoms with E-state index >= 15 is 0 Å². The van der Waals surface area contributed by atoms with Crippen LogP contribution in [0, 0.1) is 0 Å². The van der Waals surface area contributed by atoms with Gasteiger partial charge in [0.1, 0.15) is 0 Å². The summed E-state index contributed by atoms with van der Waals surface area (Å²) < 4.78 is 0.972. The molecule has 0 aromatic carbocycles. The zero-order valence-electron chi connectivity index (χ0n) is 8.69. The lowest BCUT2D eigenvalue weighted by Crippen LogP contribution is -2.39. The van der Waals surface area contributed by atoms with Crippen molar-refractivity contribution in [2.45, 2.75) is 18.9 Å². The van der Waals surface area contributed by atoms with E-state index < -0.39 is 0 Å². The molecule has 1 amide bonds. The normalized spacial score (nSPS) is 19.6. The number of carbonyl (C=O) groups is 1. The van der Waals surface area contributed by atoms with Gasteiger partial charge >= 0.3 is 0 Å². The van der Waals surface area contributed by atoms with Gasteiger partial charge in [0.2, 0.25) is 0 Å². The molecular formula is C10H14BrClN2OS. The lowest BCUT2D eigenvalue weighted by molar-refractivity contribution is 0.0746. The standard InChI is InChI=1S/C10H13BrN2OS.ClH/c11-7-4-9(15-6-7)10(14)13-3-1-2-8(13)5-12;/h4,6,8H,1-3,5,12H2;1H. The van der Waals surface area contributed by atoms with E-state index in [-0.39, 0.29) is 24.4 Å². The average molecular weight is 326 g/mol. The molecule has 2 heterocycles. The molecule has 1 aliphatic heterocycles. The molecule has 0 bridgehead atoms. The second-order valence-corrected chi connectivity index (χ2v) is 5.49. The SMILES string of the molecule is Cl.NCC1CCCN1C(=O)c1cc(Br)cs1. The molecule has 0 saturated carbocycles. The van der Waals surface area contributed by atoms with Crippen LogP contribution in [0.15, 0.2) is 15.9 Å². The molecule has 6 heteroatoms. The molecule has 3 nitrogen and oxygen atoms in total. The molecule has 0 spiro atoms. The molecule has 1 aliphatic rings. The minimum atomic E-state index is 0. The first-order valence-electron chi connectivity index (χ1n) is 4.97. The Balaban J connectivity index is 0.00000128. The highest BCUT2D eigenvalue weighted by molar-refractivity contribution is 9.10. The molecule has 1 atom stereocenters. The predicted octanol–water partition coefficient (Wildman–Crippen LogP) is 2.50. The Hall–Kier alpha value is -0.100. The summed E-state index contributed by atoms with van der Waals surface area (Å²) in [6, 6.07) is 2.11. The fraction of sp³-hybridized carbons (Fsp3) is 0.500. The van der Waals surface area contributed by atoms with Crippen LogP contribution in [-0.4, -0.2) is 29.9 Å². The average Bonchev–Trinajstić information content (AvgIpc) is 2.84. The molecule has 0 aliphatic carbocycles. The summed E-state index contributed by atoms with van der Waals surface area (Å²) in [5.41, 5.74) is 5.65. The van der Waals surface area contributed by atoms with Crippen molar-refractivity contribution in [2.24, 2.45) is 5.73 Å². The molecule has 2 rings (SSSR count). The molecular weight excluding hydrogens is 312 g/mol. The Morgan fingerprint density at radius 1 is 1.69 bits per heavy atom. The number of hydrogen-bond acceptors (Lipinski definition) is 3. The smallest absolute Gasteiger partial charge is 0.264 e. The van der Waals surface area contributed by atoms with E-state index in [2.05, 4.69) is 15.9 Å². The number of thiophene rings is 1. The van der Waals surface area contributed by atoms with Gasteiger partial charge in [-0.2, -0.15) is 0 Å². The van der Waals surface area contributed by atoms with Crippen LogP contribution in [0.2, 0.25) is 0 Å². The molecule has 1 fully saturated rings. The molecule has 1 saturated heterocycles. The number of hydrogen-bond donors (Lipinski definition) is 1. The minimum Gasteiger partial charge on any atom is -0.334 e. The van der Waals surface area contributed by atoms with Crippen molar-refractivity contribution < 1.29 is 4.79 Å². The molecule has 16 heavy (non-hydrogen) atoms. The van der Waals surface area contributed by atoms with Gasteiger partial charge in [0.25, 0.3) is 5.91 Å². The Morgan fingerprint density at radius 3 is 3.00 bits per heavy atom. The van der Waals surface area contributed by atoms with Crippen molar-refractivity contribution in [2.75, 3.05) is 13.1 Å². The van der Waals surface area contributed by atoms with Gasteiger partial charge in [-0.3, -0.25) is 4.79 Å². The van der Waals surface area contributed by atoms with E-state index in [9.17, 15) is 4.79 Å². The Labute approximate surface area is 114 Å². The second kappa shape index (κ2) is 6.00. The molecule has 1 aromatic rings. The third-order valence-corrected chi connectivity index (χ3v) is 4.37. The van der Waals surface area contributed by atoms with Crippen LogP contribution in [0.1, 0.15) is 22.5 Å². The maximum Gasteiger partial charge on any atom is 0.264 e. The maximum atomic E-state index is 12.1. The van der Waals surface area contributed by atoms with Crippen LogP contribution >= 0.6 is 39.7 Å². The number of carbonyl (C=O) groups excluding carboxylic acids is 1. The van der Waals surface area contributed by atoms with E-state index in [1.807, 2.05) is 16.3 Å². The molecule has 1 unspecified atom stereocenters. The largest absolute Gasteiger partial charge is 0.334 e. The quantitative estimate of drug-likeness (QED) is 0.908. The van der Waals surface area contributed by atoms with Crippen molar-refractivity contribution in [3.05, 3.63) is 20.8 Å². The Bertz CT molecular complexity index is 371. The Kier molecular flexibility index (Phi) is 5.24. The van der Waals surface area contributed by atoms with Gasteiger partial charge in [-0.05, 0) is 34.8 Å². The lowest BCUT2D eigenvalue weighted by atomic mass is 10.2. The van der Waals surface area contributed by atoms with Crippen molar-refractivity contribution in [1.29, 1.82) is 0 Å². The number of nitrogens with zero attached hydrogens (tertiary/aromatic N) is 1. The lowest BCUT2D eigenvalue weighted by Gasteiger charge is -2.22. The summed E-state index contributed by atoms with van der Waals surface area (Å²) in [6.45, 7) is 1.41. The highest BCUT2D eigenvalue weighted by Gasteiger charge is 2.28. The predicted molar refractivity (Wildman–Crippen MR) is 72.4 cm³/mol. The number of amides is 1. The van der Waals surface area contributed by atoms with Gasteiger partial charge in [0, 0.05) is 29.0 Å². The van der Waals surface area contributed by atoms with Crippen molar-refractivity contribution in [1.82, 2.24) is 4.90 Å². The third kappa shape index (κ3) is 2.77. The van der Waals surface area contributed by atoms with Crippen LogP contribution in [0.25, 0.3) is 0 Å². The zero-order valence-corrected chi connectivity index (χ0v) is 11.9. The summed E-state index contributed by atoms with van der Waals surface area (Å²) >= 11 is 4.83. The van der Waals surface area contributed by atoms with Gasteiger partial charge in [-0.1, -0.05) is 0 Å². The third-order valence-electron chi connectivity index (χ3n) is 2.69. The highest BCUT2D eigenvalue weighted by atomic mass is 79.9. The van der Waals surface area contributed by atoms with E-state index in [4.69, 9.17) is 5.73 Å². The number of rotatable bonds is 2. The van der Waals surface area contributed by atoms with Crippen LogP contribution < -0.4 is 5.73 Å². The summed E-state index contributed by atoms with van der Waals surface area (Å²) in [5.74, 6) is 0.124. The van der Waals surface area contributed by atoms with Crippen LogP contribution in [-0.2, 0) is 0 Å². The van der Waals surface area contributed by atoms with Crippen LogP contribution in [0.3, 0.4) is 0 Å². The fourth-order valence-electron chi connectivity index (χ4n) is 1.91. The van der Waals surface area contributed by atoms with E-state index in [1.165, 1.54) is 11.3 Å². The first kappa shape index (κ1) is 14.0. The number of nitrogens with two attached hydrogens (primary N) is 1. The zero-order chi connectivity index (χ0) is 10.8. The van der Waals surface area contributed by atoms with Crippen LogP contribution in [0.5, 0.6) is 0 Å². The first-order chi connectivity index (χ1) is 7.22. The molecule has 90 valence electrons. The van der Waals surface area contributed by atoms with Crippen molar-refractivity contribution in [3.63, 3.8) is 0 Å². The first-order valence-corrected chi connectivity index (χ1v) is 6.64. The summed E-state index contributed by atoms with van der Waals surface area (Å²) in [7, 11) is 0. The highest BCUT2D eigenvalue weighted by Crippen LogP contribution is 2.25. The van der Waals surface area contributed by atoms with Gasteiger partial charge in [-0.25, -0.2) is 0 Å².